The number of hydrazine groups is 1. The van der Waals surface area contributed by atoms with Crippen LogP contribution in [-0.2, 0) is 11.2 Å². The number of furan rings is 1. The summed E-state index contributed by atoms with van der Waals surface area (Å²) in [4.78, 5) is 26.3. The average Bonchev–Trinajstić information content (AvgIpc) is 2.94. The molecule has 1 fully saturated rings. The van der Waals surface area contributed by atoms with Crippen molar-refractivity contribution in [2.45, 2.75) is 32.1 Å². The number of hydrogen-bond acceptors (Lipinski definition) is 3. The number of rotatable bonds is 5. The molecule has 1 aliphatic carbocycles. The predicted octanol–water partition coefficient (Wildman–Crippen LogP) is 2.89. The summed E-state index contributed by atoms with van der Waals surface area (Å²) in [6.45, 7) is 2.20. The largest absolute Gasteiger partial charge is 0.466 e. The molecule has 7 heteroatoms. The quantitative estimate of drug-likeness (QED) is 0.697. The Balaban J connectivity index is 1.41. The zero-order chi connectivity index (χ0) is 16.4. The third kappa shape index (κ3) is 4.04. The van der Waals surface area contributed by atoms with Crippen LogP contribution in [0.4, 0.5) is 0 Å². The Kier molecular flexibility index (Phi) is 4.56. The lowest BCUT2D eigenvalue weighted by atomic mass is 10.2. The molecule has 3 N–H and O–H groups in total. The fourth-order valence-electron chi connectivity index (χ4n) is 2.44. The molecular weight excluding hydrogens is 362 g/mol. The first-order valence-electron chi connectivity index (χ1n) is 7.54. The smallest absolute Gasteiger partial charge is 0.286 e. The van der Waals surface area contributed by atoms with Crippen LogP contribution < -0.4 is 10.9 Å². The lowest BCUT2D eigenvalue weighted by molar-refractivity contribution is -0.121. The molecule has 0 saturated heterocycles. The van der Waals surface area contributed by atoms with Crippen molar-refractivity contribution in [3.63, 3.8) is 0 Å². The highest BCUT2D eigenvalue weighted by atomic mass is 79.9. The SMILES string of the molecule is CC1CC1c1ccc(CCC(=O)NNC(=O)c2cc(Br)c[nH]2)o1. The Morgan fingerprint density at radius 2 is 2.17 bits per heavy atom. The molecule has 1 aliphatic rings. The summed E-state index contributed by atoms with van der Waals surface area (Å²) in [5.41, 5.74) is 5.13. The van der Waals surface area contributed by atoms with Crippen molar-refractivity contribution in [1.82, 2.24) is 15.8 Å². The fourth-order valence-corrected chi connectivity index (χ4v) is 2.78. The number of amides is 2. The summed E-state index contributed by atoms with van der Waals surface area (Å²) in [7, 11) is 0. The molecule has 2 unspecified atom stereocenters. The second-order valence-electron chi connectivity index (χ2n) is 5.86. The Labute approximate surface area is 142 Å². The first-order chi connectivity index (χ1) is 11.0. The van der Waals surface area contributed by atoms with Gasteiger partial charge < -0.3 is 9.40 Å². The maximum absolute atomic E-state index is 11.8. The highest BCUT2D eigenvalue weighted by molar-refractivity contribution is 9.10. The van der Waals surface area contributed by atoms with Crippen LogP contribution >= 0.6 is 15.9 Å². The van der Waals surface area contributed by atoms with Gasteiger partial charge in [0.2, 0.25) is 5.91 Å². The van der Waals surface area contributed by atoms with Crippen LogP contribution in [0.3, 0.4) is 0 Å². The highest BCUT2D eigenvalue weighted by Crippen LogP contribution is 2.47. The summed E-state index contributed by atoms with van der Waals surface area (Å²) in [5, 5.41) is 0. The van der Waals surface area contributed by atoms with E-state index in [-0.39, 0.29) is 12.3 Å². The molecule has 2 amide bonds. The van der Waals surface area contributed by atoms with Gasteiger partial charge in [-0.1, -0.05) is 6.92 Å². The van der Waals surface area contributed by atoms with Gasteiger partial charge in [-0.25, -0.2) is 0 Å². The maximum atomic E-state index is 11.8. The Bertz CT molecular complexity index is 722. The number of aryl methyl sites for hydroxylation is 1. The molecule has 1 saturated carbocycles. The summed E-state index contributed by atoms with van der Waals surface area (Å²) in [6, 6.07) is 5.54. The molecular formula is C16H18BrN3O3. The van der Waals surface area contributed by atoms with E-state index in [2.05, 4.69) is 38.7 Å². The molecule has 23 heavy (non-hydrogen) atoms. The first kappa shape index (κ1) is 15.9. The highest BCUT2D eigenvalue weighted by Gasteiger charge is 2.36. The van der Waals surface area contributed by atoms with E-state index in [0.29, 0.717) is 24.0 Å². The number of hydrogen-bond donors (Lipinski definition) is 3. The lowest BCUT2D eigenvalue weighted by Gasteiger charge is -2.05. The van der Waals surface area contributed by atoms with Gasteiger partial charge in [0.05, 0.1) is 0 Å². The standard InChI is InChI=1S/C16H18BrN3O3/c1-9-6-12(9)14-4-2-11(23-14)3-5-15(21)19-20-16(22)13-7-10(17)8-18-13/h2,4,7-9,12,18H,3,5-6H2,1H3,(H,19,21)(H,20,22). The van der Waals surface area contributed by atoms with Gasteiger partial charge in [-0.15, -0.1) is 0 Å². The van der Waals surface area contributed by atoms with Gasteiger partial charge in [0.1, 0.15) is 17.2 Å². The summed E-state index contributed by atoms with van der Waals surface area (Å²) in [5.74, 6) is 2.39. The molecule has 2 heterocycles. The van der Waals surface area contributed by atoms with E-state index < -0.39 is 5.91 Å². The second-order valence-corrected chi connectivity index (χ2v) is 6.77. The summed E-state index contributed by atoms with van der Waals surface area (Å²) in [6.07, 6.45) is 3.58. The number of H-pyrrole nitrogens is 1. The normalized spacial score (nSPS) is 19.4. The number of carbonyl (C=O) groups excluding carboxylic acids is 2. The average molecular weight is 380 g/mol. The van der Waals surface area contributed by atoms with Crippen molar-refractivity contribution in [2.75, 3.05) is 0 Å². The van der Waals surface area contributed by atoms with Crippen molar-refractivity contribution >= 4 is 27.7 Å². The van der Waals surface area contributed by atoms with Crippen molar-refractivity contribution < 1.29 is 14.0 Å². The fraction of sp³-hybridized carbons (Fsp3) is 0.375. The van der Waals surface area contributed by atoms with Crippen LogP contribution in [-0.4, -0.2) is 16.8 Å². The van der Waals surface area contributed by atoms with E-state index >= 15 is 0 Å². The molecule has 0 spiro atoms. The molecule has 0 aliphatic heterocycles. The zero-order valence-corrected chi connectivity index (χ0v) is 14.3. The second kappa shape index (κ2) is 6.62. The van der Waals surface area contributed by atoms with Crippen LogP contribution in [0.2, 0.25) is 0 Å². The van der Waals surface area contributed by atoms with Gasteiger partial charge >= 0.3 is 0 Å². The van der Waals surface area contributed by atoms with Crippen molar-refractivity contribution in [2.24, 2.45) is 5.92 Å². The van der Waals surface area contributed by atoms with Gasteiger partial charge in [0.25, 0.3) is 5.91 Å². The minimum atomic E-state index is -0.396. The number of aromatic nitrogens is 1. The van der Waals surface area contributed by atoms with Crippen LogP contribution in [0, 0.1) is 5.92 Å². The minimum absolute atomic E-state index is 0.252. The van der Waals surface area contributed by atoms with Crippen LogP contribution in [0.25, 0.3) is 0 Å². The Hall–Kier alpha value is -2.02. The van der Waals surface area contributed by atoms with Crippen LogP contribution in [0.15, 0.2) is 33.3 Å². The molecule has 122 valence electrons. The van der Waals surface area contributed by atoms with E-state index in [0.717, 1.165) is 16.0 Å². The van der Waals surface area contributed by atoms with Crippen LogP contribution in [0.1, 0.15) is 47.7 Å². The van der Waals surface area contributed by atoms with Gasteiger partial charge in [-0.2, -0.15) is 0 Å². The Morgan fingerprint density at radius 3 is 2.83 bits per heavy atom. The minimum Gasteiger partial charge on any atom is -0.466 e. The van der Waals surface area contributed by atoms with Gasteiger partial charge in [0.15, 0.2) is 0 Å². The zero-order valence-electron chi connectivity index (χ0n) is 12.7. The molecule has 0 radical (unpaired) electrons. The van der Waals surface area contributed by atoms with Gasteiger partial charge in [-0.05, 0) is 46.5 Å². The van der Waals surface area contributed by atoms with E-state index in [9.17, 15) is 9.59 Å². The first-order valence-corrected chi connectivity index (χ1v) is 8.34. The Morgan fingerprint density at radius 1 is 1.39 bits per heavy atom. The van der Waals surface area contributed by atoms with Crippen molar-refractivity contribution in [3.8, 4) is 0 Å². The molecule has 2 aromatic rings. The van der Waals surface area contributed by atoms with E-state index in [1.807, 2.05) is 12.1 Å². The van der Waals surface area contributed by atoms with Gasteiger partial charge in [-0.3, -0.25) is 20.4 Å². The topological polar surface area (TPSA) is 87.1 Å². The molecule has 0 aromatic carbocycles. The predicted molar refractivity (Wildman–Crippen MR) is 87.7 cm³/mol. The van der Waals surface area contributed by atoms with E-state index in [4.69, 9.17) is 4.42 Å². The molecule has 0 bridgehead atoms. The molecule has 3 rings (SSSR count). The van der Waals surface area contributed by atoms with Crippen molar-refractivity contribution in [3.05, 3.63) is 46.1 Å². The maximum Gasteiger partial charge on any atom is 0.286 e. The van der Waals surface area contributed by atoms with E-state index in [1.54, 1.807) is 12.3 Å². The lowest BCUT2D eigenvalue weighted by Crippen LogP contribution is -2.41. The summed E-state index contributed by atoms with van der Waals surface area (Å²) >= 11 is 3.24. The summed E-state index contributed by atoms with van der Waals surface area (Å²) < 4.78 is 6.52. The number of carbonyl (C=O) groups is 2. The monoisotopic (exact) mass is 379 g/mol. The van der Waals surface area contributed by atoms with Crippen molar-refractivity contribution in [1.29, 1.82) is 0 Å². The number of halogens is 1. The van der Waals surface area contributed by atoms with Gasteiger partial charge in [0, 0.05) is 29.4 Å². The van der Waals surface area contributed by atoms with Crippen LogP contribution in [0.5, 0.6) is 0 Å². The molecule has 2 aromatic heterocycles. The molecule has 2 atom stereocenters. The molecule has 6 nitrogen and oxygen atoms in total. The third-order valence-corrected chi connectivity index (χ3v) is 4.42. The third-order valence-electron chi connectivity index (χ3n) is 3.96. The number of nitrogens with one attached hydrogen (secondary N) is 3. The number of aromatic amines is 1. The van der Waals surface area contributed by atoms with E-state index in [1.165, 1.54) is 6.42 Å².